The molecule has 122 valence electrons. The minimum atomic E-state index is 0.674. The van der Waals surface area contributed by atoms with E-state index in [4.69, 9.17) is 23.8 Å². The van der Waals surface area contributed by atoms with Crippen LogP contribution in [0.5, 0.6) is 0 Å². The zero-order chi connectivity index (χ0) is 15.9. The number of likely N-dealkylation sites (tertiary alicyclic amines) is 1. The standard InChI is InChI=1S/C17H26ClN3S/c1-13-7-11-21(12-8-13)10-4-9-19-17(22)20-16-6-3-5-15(18)14(16)2/h3,5-6,13H,4,7-12H2,1-2H3,(H2,19,20,22)/p+1. The summed E-state index contributed by atoms with van der Waals surface area (Å²) in [6, 6.07) is 5.82. The Hall–Kier alpha value is -0.840. The zero-order valence-electron chi connectivity index (χ0n) is 13.5. The van der Waals surface area contributed by atoms with Crippen LogP contribution in [-0.2, 0) is 0 Å². The number of anilines is 1. The number of hydrogen-bond acceptors (Lipinski definition) is 1. The highest BCUT2D eigenvalue weighted by Crippen LogP contribution is 2.22. The topological polar surface area (TPSA) is 28.5 Å². The molecule has 1 aromatic carbocycles. The van der Waals surface area contributed by atoms with E-state index in [2.05, 4.69) is 17.6 Å². The van der Waals surface area contributed by atoms with Crippen LogP contribution in [-0.4, -0.2) is 31.3 Å². The van der Waals surface area contributed by atoms with Gasteiger partial charge < -0.3 is 15.5 Å². The number of rotatable bonds is 5. The fourth-order valence-corrected chi connectivity index (χ4v) is 3.26. The number of halogens is 1. The lowest BCUT2D eigenvalue weighted by molar-refractivity contribution is -0.906. The van der Waals surface area contributed by atoms with Gasteiger partial charge in [0.2, 0.25) is 0 Å². The van der Waals surface area contributed by atoms with Gasteiger partial charge in [-0.05, 0) is 55.6 Å². The molecule has 3 nitrogen and oxygen atoms in total. The van der Waals surface area contributed by atoms with Crippen molar-refractivity contribution in [3.8, 4) is 0 Å². The van der Waals surface area contributed by atoms with E-state index in [0.29, 0.717) is 5.11 Å². The van der Waals surface area contributed by atoms with E-state index in [1.54, 1.807) is 4.90 Å². The van der Waals surface area contributed by atoms with Gasteiger partial charge in [-0.3, -0.25) is 0 Å². The molecule has 1 fully saturated rings. The molecule has 1 saturated heterocycles. The van der Waals surface area contributed by atoms with Crippen LogP contribution in [0.4, 0.5) is 5.69 Å². The van der Waals surface area contributed by atoms with Crippen molar-refractivity contribution >= 4 is 34.6 Å². The highest BCUT2D eigenvalue weighted by Gasteiger charge is 2.17. The number of thiocarbonyl (C=S) groups is 1. The summed E-state index contributed by atoms with van der Waals surface area (Å²) in [6.45, 7) is 9.16. The number of benzene rings is 1. The predicted molar refractivity (Wildman–Crippen MR) is 99.0 cm³/mol. The lowest BCUT2D eigenvalue weighted by Gasteiger charge is -2.27. The first-order valence-corrected chi connectivity index (χ1v) is 8.98. The maximum Gasteiger partial charge on any atom is 0.170 e. The van der Waals surface area contributed by atoms with Crippen molar-refractivity contribution in [2.45, 2.75) is 33.1 Å². The molecular formula is C17H27ClN3S+. The van der Waals surface area contributed by atoms with Crippen LogP contribution < -0.4 is 15.5 Å². The van der Waals surface area contributed by atoms with E-state index in [1.165, 1.54) is 32.5 Å². The average Bonchev–Trinajstić information content (AvgIpc) is 2.50. The fourth-order valence-electron chi connectivity index (χ4n) is 2.87. The Labute approximate surface area is 144 Å². The molecule has 3 N–H and O–H groups in total. The molecule has 0 aliphatic carbocycles. The van der Waals surface area contributed by atoms with Crippen molar-refractivity contribution in [3.63, 3.8) is 0 Å². The van der Waals surface area contributed by atoms with Gasteiger partial charge in [0, 0.05) is 23.7 Å². The highest BCUT2D eigenvalue weighted by atomic mass is 35.5. The first-order chi connectivity index (χ1) is 10.6. The van der Waals surface area contributed by atoms with E-state index in [9.17, 15) is 0 Å². The van der Waals surface area contributed by atoms with Crippen molar-refractivity contribution in [3.05, 3.63) is 28.8 Å². The summed E-state index contributed by atoms with van der Waals surface area (Å²) in [5.41, 5.74) is 2.00. The van der Waals surface area contributed by atoms with Crippen molar-refractivity contribution in [2.75, 3.05) is 31.5 Å². The Morgan fingerprint density at radius 3 is 2.82 bits per heavy atom. The summed E-state index contributed by atoms with van der Waals surface area (Å²) in [6.07, 6.45) is 3.90. The Balaban J connectivity index is 1.65. The Kier molecular flexibility index (Phi) is 6.93. The minimum absolute atomic E-state index is 0.674. The molecule has 0 bridgehead atoms. The molecule has 1 aromatic rings. The van der Waals surface area contributed by atoms with Crippen molar-refractivity contribution in [1.29, 1.82) is 0 Å². The van der Waals surface area contributed by atoms with Crippen LogP contribution in [0.25, 0.3) is 0 Å². The van der Waals surface area contributed by atoms with Crippen LogP contribution in [0, 0.1) is 12.8 Å². The smallest absolute Gasteiger partial charge is 0.170 e. The van der Waals surface area contributed by atoms with Gasteiger partial charge in [-0.2, -0.15) is 0 Å². The summed E-state index contributed by atoms with van der Waals surface area (Å²) in [5, 5.41) is 7.95. The summed E-state index contributed by atoms with van der Waals surface area (Å²) in [5.74, 6) is 0.916. The molecule has 2 rings (SSSR count). The van der Waals surface area contributed by atoms with Crippen LogP contribution in [0.2, 0.25) is 5.02 Å². The van der Waals surface area contributed by atoms with Gasteiger partial charge in [-0.1, -0.05) is 24.6 Å². The van der Waals surface area contributed by atoms with Crippen molar-refractivity contribution in [2.24, 2.45) is 5.92 Å². The molecule has 0 unspecified atom stereocenters. The Morgan fingerprint density at radius 2 is 2.09 bits per heavy atom. The second kappa shape index (κ2) is 8.70. The quantitative estimate of drug-likeness (QED) is 0.568. The molecule has 1 aliphatic heterocycles. The average molecular weight is 341 g/mol. The summed E-state index contributed by atoms with van der Waals surface area (Å²) in [7, 11) is 0. The normalized spacial score (nSPS) is 21.4. The Morgan fingerprint density at radius 1 is 1.36 bits per heavy atom. The molecule has 5 heteroatoms. The SMILES string of the molecule is Cc1c(Cl)cccc1NC(=S)NCCC[NH+]1CCC(C)CC1. The third-order valence-corrected chi connectivity index (χ3v) is 5.15. The van der Waals surface area contributed by atoms with E-state index < -0.39 is 0 Å². The van der Waals surface area contributed by atoms with Gasteiger partial charge in [-0.25, -0.2) is 0 Å². The van der Waals surface area contributed by atoms with E-state index in [1.807, 2.05) is 25.1 Å². The third kappa shape index (κ3) is 5.41. The third-order valence-electron chi connectivity index (χ3n) is 4.49. The molecule has 1 heterocycles. The minimum Gasteiger partial charge on any atom is -0.362 e. The van der Waals surface area contributed by atoms with Gasteiger partial charge in [0.15, 0.2) is 5.11 Å². The molecular weight excluding hydrogens is 314 g/mol. The maximum atomic E-state index is 6.11. The van der Waals surface area contributed by atoms with Crippen LogP contribution in [0.3, 0.4) is 0 Å². The van der Waals surface area contributed by atoms with Crippen molar-refractivity contribution < 1.29 is 4.90 Å². The van der Waals surface area contributed by atoms with E-state index in [0.717, 1.165) is 35.2 Å². The Bertz CT molecular complexity index is 499. The van der Waals surface area contributed by atoms with Gasteiger partial charge >= 0.3 is 0 Å². The molecule has 22 heavy (non-hydrogen) atoms. The largest absolute Gasteiger partial charge is 0.362 e. The lowest BCUT2D eigenvalue weighted by Crippen LogP contribution is -3.13. The molecule has 0 radical (unpaired) electrons. The van der Waals surface area contributed by atoms with Crippen molar-refractivity contribution in [1.82, 2.24) is 5.32 Å². The highest BCUT2D eigenvalue weighted by molar-refractivity contribution is 7.80. The summed E-state index contributed by atoms with van der Waals surface area (Å²) >= 11 is 11.5. The first-order valence-electron chi connectivity index (χ1n) is 8.20. The van der Waals surface area contributed by atoms with Gasteiger partial charge in [0.1, 0.15) is 0 Å². The van der Waals surface area contributed by atoms with Crippen LogP contribution in [0.15, 0.2) is 18.2 Å². The molecule has 0 amide bonds. The van der Waals surface area contributed by atoms with Gasteiger partial charge in [-0.15, -0.1) is 0 Å². The lowest BCUT2D eigenvalue weighted by atomic mass is 9.99. The second-order valence-corrected chi connectivity index (χ2v) is 7.14. The first kappa shape index (κ1) is 17.5. The van der Waals surface area contributed by atoms with E-state index in [-0.39, 0.29) is 0 Å². The number of hydrogen-bond donors (Lipinski definition) is 3. The molecule has 0 spiro atoms. The van der Waals surface area contributed by atoms with E-state index >= 15 is 0 Å². The molecule has 0 saturated carbocycles. The zero-order valence-corrected chi connectivity index (χ0v) is 15.1. The maximum absolute atomic E-state index is 6.11. The second-order valence-electron chi connectivity index (χ2n) is 6.33. The molecule has 1 aliphatic rings. The monoisotopic (exact) mass is 340 g/mol. The summed E-state index contributed by atoms with van der Waals surface area (Å²) < 4.78 is 0. The van der Waals surface area contributed by atoms with Gasteiger partial charge in [0.25, 0.3) is 0 Å². The summed E-state index contributed by atoms with van der Waals surface area (Å²) in [4.78, 5) is 1.74. The van der Waals surface area contributed by atoms with Gasteiger partial charge in [0.05, 0.1) is 19.6 Å². The predicted octanol–water partition coefficient (Wildman–Crippen LogP) is 2.64. The van der Waals surface area contributed by atoms with Crippen LogP contribution >= 0.6 is 23.8 Å². The molecule has 0 atom stereocenters. The number of quaternary nitrogens is 1. The molecule has 0 aromatic heterocycles. The number of nitrogens with one attached hydrogen (secondary N) is 3. The number of piperidine rings is 1. The van der Waals surface area contributed by atoms with Crippen LogP contribution in [0.1, 0.15) is 31.7 Å². The fraction of sp³-hybridized carbons (Fsp3) is 0.588.